The van der Waals surface area contributed by atoms with E-state index >= 15 is 0 Å². The average molecular weight is 377 g/mol. The molecule has 4 heterocycles. The molecular formula is C21H17F2N5. The number of rotatable bonds is 4. The lowest BCUT2D eigenvalue weighted by atomic mass is 9.84. The van der Waals surface area contributed by atoms with E-state index in [2.05, 4.69) is 20.2 Å². The quantitative estimate of drug-likeness (QED) is 0.531. The summed E-state index contributed by atoms with van der Waals surface area (Å²) in [6, 6.07) is 15.4. The number of halogens is 2. The van der Waals surface area contributed by atoms with Crippen LogP contribution in [0.25, 0.3) is 22.6 Å². The molecular weight excluding hydrogens is 360 g/mol. The van der Waals surface area contributed by atoms with Crippen LogP contribution in [0, 0.1) is 11.9 Å². The highest BCUT2D eigenvalue weighted by Crippen LogP contribution is 2.31. The molecule has 0 saturated heterocycles. The van der Waals surface area contributed by atoms with E-state index in [9.17, 15) is 8.78 Å². The number of aromatic amines is 1. The summed E-state index contributed by atoms with van der Waals surface area (Å²) in [7, 11) is 0. The Labute approximate surface area is 160 Å². The van der Waals surface area contributed by atoms with Gasteiger partial charge in [-0.25, -0.2) is 0 Å². The van der Waals surface area contributed by atoms with Crippen LogP contribution in [0.4, 0.5) is 8.78 Å². The van der Waals surface area contributed by atoms with Crippen molar-refractivity contribution in [1.82, 2.24) is 25.1 Å². The van der Waals surface area contributed by atoms with Gasteiger partial charge in [-0.1, -0.05) is 12.1 Å². The smallest absolute Gasteiger partial charge is 0.224 e. The van der Waals surface area contributed by atoms with Crippen molar-refractivity contribution in [3.05, 3.63) is 84.1 Å². The van der Waals surface area contributed by atoms with Crippen molar-refractivity contribution in [2.45, 2.75) is 19.3 Å². The maximum absolute atomic E-state index is 14.1. The van der Waals surface area contributed by atoms with Crippen molar-refractivity contribution < 1.29 is 8.78 Å². The van der Waals surface area contributed by atoms with E-state index < -0.39 is 17.3 Å². The Morgan fingerprint density at radius 3 is 2.11 bits per heavy atom. The standard InChI is InChI=1S/C21H17F2N5/c1-21(2,18-8-4-6-15(26-18)16-11-12-24-28-16)17-7-3-5-14(25-17)13-9-10-19(22)27-20(13)23/h3-12H,1-2H3,(H,24,28). The van der Waals surface area contributed by atoms with E-state index in [1.807, 2.05) is 44.2 Å². The largest absolute Gasteiger partial charge is 0.276 e. The normalized spacial score (nSPS) is 11.6. The molecule has 4 rings (SSSR count). The number of aromatic nitrogens is 5. The monoisotopic (exact) mass is 377 g/mol. The number of hydrogen-bond acceptors (Lipinski definition) is 4. The molecule has 0 radical (unpaired) electrons. The number of nitrogens with one attached hydrogen (secondary N) is 1. The second-order valence-electron chi connectivity index (χ2n) is 6.88. The predicted molar refractivity (Wildman–Crippen MR) is 101 cm³/mol. The Balaban J connectivity index is 1.75. The zero-order chi connectivity index (χ0) is 19.7. The zero-order valence-electron chi connectivity index (χ0n) is 15.3. The van der Waals surface area contributed by atoms with E-state index in [1.54, 1.807) is 18.3 Å². The van der Waals surface area contributed by atoms with E-state index in [0.717, 1.165) is 23.1 Å². The lowest BCUT2D eigenvalue weighted by molar-refractivity contribution is 0.514. The summed E-state index contributed by atoms with van der Waals surface area (Å²) < 4.78 is 27.2. The van der Waals surface area contributed by atoms with Crippen molar-refractivity contribution in [1.29, 1.82) is 0 Å². The van der Waals surface area contributed by atoms with Crippen molar-refractivity contribution in [3.63, 3.8) is 0 Å². The first kappa shape index (κ1) is 17.9. The Bertz CT molecular complexity index is 1120. The molecule has 5 nitrogen and oxygen atoms in total. The molecule has 0 spiro atoms. The highest BCUT2D eigenvalue weighted by Gasteiger charge is 2.27. The SMILES string of the molecule is CC(C)(c1cccc(-c2ccn[nH]2)n1)c1cccc(-c2ccc(F)nc2F)n1. The Hall–Kier alpha value is -3.48. The first-order valence-electron chi connectivity index (χ1n) is 8.72. The third-order valence-corrected chi connectivity index (χ3v) is 4.65. The average Bonchev–Trinajstić information content (AvgIpc) is 3.23. The molecule has 0 aromatic carbocycles. The predicted octanol–water partition coefficient (Wildman–Crippen LogP) is 4.53. The zero-order valence-corrected chi connectivity index (χ0v) is 15.3. The van der Waals surface area contributed by atoms with Gasteiger partial charge in [-0.3, -0.25) is 15.1 Å². The molecule has 0 aliphatic heterocycles. The van der Waals surface area contributed by atoms with Crippen LogP contribution in [0.5, 0.6) is 0 Å². The molecule has 0 atom stereocenters. The van der Waals surface area contributed by atoms with Gasteiger partial charge in [0.15, 0.2) is 0 Å². The van der Waals surface area contributed by atoms with Gasteiger partial charge in [-0.2, -0.15) is 18.9 Å². The van der Waals surface area contributed by atoms with Gasteiger partial charge in [-0.15, -0.1) is 0 Å². The van der Waals surface area contributed by atoms with E-state index in [1.165, 1.54) is 6.07 Å². The van der Waals surface area contributed by atoms with Crippen molar-refractivity contribution in [2.75, 3.05) is 0 Å². The van der Waals surface area contributed by atoms with Gasteiger partial charge in [0.05, 0.1) is 34.0 Å². The molecule has 7 heteroatoms. The van der Waals surface area contributed by atoms with Crippen molar-refractivity contribution in [3.8, 4) is 22.6 Å². The van der Waals surface area contributed by atoms with E-state index in [0.29, 0.717) is 11.4 Å². The van der Waals surface area contributed by atoms with Gasteiger partial charge in [0.1, 0.15) is 0 Å². The fourth-order valence-electron chi connectivity index (χ4n) is 3.00. The number of nitrogens with zero attached hydrogens (tertiary/aromatic N) is 4. The number of H-pyrrole nitrogens is 1. The van der Waals surface area contributed by atoms with Crippen LogP contribution >= 0.6 is 0 Å². The lowest BCUT2D eigenvalue weighted by Crippen LogP contribution is -2.22. The minimum absolute atomic E-state index is 0.151. The third kappa shape index (κ3) is 3.26. The summed E-state index contributed by atoms with van der Waals surface area (Å²) in [4.78, 5) is 12.6. The summed E-state index contributed by atoms with van der Waals surface area (Å²) in [6.45, 7) is 3.99. The molecule has 0 saturated carbocycles. The highest BCUT2D eigenvalue weighted by atomic mass is 19.1. The second-order valence-corrected chi connectivity index (χ2v) is 6.88. The van der Waals surface area contributed by atoms with Gasteiger partial charge in [0, 0.05) is 11.6 Å². The van der Waals surface area contributed by atoms with Crippen LogP contribution in [-0.2, 0) is 5.41 Å². The summed E-state index contributed by atoms with van der Waals surface area (Å²) in [5, 5.41) is 6.87. The molecule has 0 aliphatic rings. The van der Waals surface area contributed by atoms with E-state index in [-0.39, 0.29) is 5.56 Å². The first-order chi connectivity index (χ1) is 13.4. The maximum atomic E-state index is 14.1. The van der Waals surface area contributed by atoms with Crippen LogP contribution in [0.1, 0.15) is 25.2 Å². The van der Waals surface area contributed by atoms with Crippen LogP contribution < -0.4 is 0 Å². The van der Waals surface area contributed by atoms with Crippen molar-refractivity contribution in [2.24, 2.45) is 0 Å². The van der Waals surface area contributed by atoms with Crippen LogP contribution in [0.2, 0.25) is 0 Å². The Morgan fingerprint density at radius 1 is 0.786 bits per heavy atom. The molecule has 28 heavy (non-hydrogen) atoms. The topological polar surface area (TPSA) is 67.3 Å². The molecule has 0 bridgehead atoms. The number of pyridine rings is 3. The minimum Gasteiger partial charge on any atom is -0.276 e. The second kappa shape index (κ2) is 6.92. The van der Waals surface area contributed by atoms with Crippen molar-refractivity contribution >= 4 is 0 Å². The first-order valence-corrected chi connectivity index (χ1v) is 8.72. The highest BCUT2D eigenvalue weighted by molar-refractivity contribution is 5.59. The fourth-order valence-corrected chi connectivity index (χ4v) is 3.00. The van der Waals surface area contributed by atoms with E-state index in [4.69, 9.17) is 4.98 Å². The van der Waals surface area contributed by atoms with Gasteiger partial charge < -0.3 is 0 Å². The maximum Gasteiger partial charge on any atom is 0.224 e. The van der Waals surface area contributed by atoms with Crippen LogP contribution in [0.3, 0.4) is 0 Å². The Kier molecular flexibility index (Phi) is 4.43. The molecule has 0 fully saturated rings. The van der Waals surface area contributed by atoms with Gasteiger partial charge in [-0.05, 0) is 56.3 Å². The van der Waals surface area contributed by atoms with Gasteiger partial charge in [0.2, 0.25) is 11.9 Å². The summed E-state index contributed by atoms with van der Waals surface area (Å²) in [6.07, 6.45) is 1.67. The molecule has 0 aliphatic carbocycles. The van der Waals surface area contributed by atoms with Gasteiger partial charge >= 0.3 is 0 Å². The number of hydrogen-bond donors (Lipinski definition) is 1. The van der Waals surface area contributed by atoms with Crippen LogP contribution in [-0.4, -0.2) is 25.1 Å². The molecule has 1 N–H and O–H groups in total. The van der Waals surface area contributed by atoms with Gasteiger partial charge in [0.25, 0.3) is 0 Å². The molecule has 0 unspecified atom stereocenters. The summed E-state index contributed by atoms with van der Waals surface area (Å²) in [5.74, 6) is -1.75. The molecule has 4 aromatic rings. The summed E-state index contributed by atoms with van der Waals surface area (Å²) in [5.41, 5.74) is 3.10. The van der Waals surface area contributed by atoms with Crippen LogP contribution in [0.15, 0.2) is 60.8 Å². The Morgan fingerprint density at radius 2 is 1.46 bits per heavy atom. The molecule has 4 aromatic heterocycles. The summed E-state index contributed by atoms with van der Waals surface area (Å²) >= 11 is 0. The molecule has 140 valence electrons. The minimum atomic E-state index is -0.887. The third-order valence-electron chi connectivity index (χ3n) is 4.65. The lowest BCUT2D eigenvalue weighted by Gasteiger charge is -2.24. The fraction of sp³-hybridized carbons (Fsp3) is 0.143. The molecule has 0 amide bonds.